The van der Waals surface area contributed by atoms with Crippen LogP contribution in [0.3, 0.4) is 0 Å². The zero-order valence-electron chi connectivity index (χ0n) is 8.25. The summed E-state index contributed by atoms with van der Waals surface area (Å²) < 4.78 is 0. The van der Waals surface area contributed by atoms with Crippen molar-refractivity contribution in [2.75, 3.05) is 26.2 Å². The summed E-state index contributed by atoms with van der Waals surface area (Å²) in [7, 11) is 0. The van der Waals surface area contributed by atoms with Gasteiger partial charge in [0.05, 0.1) is 6.54 Å². The monoisotopic (exact) mass is 185 g/mol. The van der Waals surface area contributed by atoms with E-state index in [9.17, 15) is 4.79 Å². The van der Waals surface area contributed by atoms with E-state index >= 15 is 0 Å². The standard InChI is InChI=1S/C9H19N3O/c1-2-11-9(13)7-12-5-3-4-8(10)6-12/h8H,2-7,10H2,1H3,(H,11,13). The molecule has 0 aliphatic carbocycles. The largest absolute Gasteiger partial charge is 0.355 e. The molecule has 3 N–H and O–H groups in total. The van der Waals surface area contributed by atoms with Crippen LogP contribution in [0.4, 0.5) is 0 Å². The van der Waals surface area contributed by atoms with Crippen molar-refractivity contribution in [2.45, 2.75) is 25.8 Å². The van der Waals surface area contributed by atoms with E-state index in [4.69, 9.17) is 5.73 Å². The number of likely N-dealkylation sites (N-methyl/N-ethyl adjacent to an activating group) is 1. The smallest absolute Gasteiger partial charge is 0.234 e. The summed E-state index contributed by atoms with van der Waals surface area (Å²) >= 11 is 0. The number of amides is 1. The molecule has 1 aliphatic rings. The second-order valence-electron chi connectivity index (χ2n) is 3.59. The maximum absolute atomic E-state index is 11.2. The molecule has 1 atom stereocenters. The van der Waals surface area contributed by atoms with Gasteiger partial charge in [-0.3, -0.25) is 9.69 Å². The van der Waals surface area contributed by atoms with Crippen molar-refractivity contribution in [3.63, 3.8) is 0 Å². The lowest BCUT2D eigenvalue weighted by Crippen LogP contribution is -2.46. The van der Waals surface area contributed by atoms with Crippen molar-refractivity contribution in [1.29, 1.82) is 0 Å². The molecule has 13 heavy (non-hydrogen) atoms. The van der Waals surface area contributed by atoms with Crippen LogP contribution in [-0.2, 0) is 4.79 Å². The number of hydrogen-bond acceptors (Lipinski definition) is 3. The molecule has 1 rings (SSSR count). The van der Waals surface area contributed by atoms with Crippen molar-refractivity contribution in [1.82, 2.24) is 10.2 Å². The zero-order valence-corrected chi connectivity index (χ0v) is 8.25. The molecule has 76 valence electrons. The summed E-state index contributed by atoms with van der Waals surface area (Å²) in [6, 6.07) is 0.253. The maximum Gasteiger partial charge on any atom is 0.234 e. The SMILES string of the molecule is CCNC(=O)CN1CCCC(N)C1. The molecule has 1 amide bonds. The van der Waals surface area contributed by atoms with Gasteiger partial charge >= 0.3 is 0 Å². The van der Waals surface area contributed by atoms with E-state index in [-0.39, 0.29) is 11.9 Å². The lowest BCUT2D eigenvalue weighted by atomic mass is 10.1. The molecular weight excluding hydrogens is 166 g/mol. The highest BCUT2D eigenvalue weighted by Crippen LogP contribution is 2.06. The minimum absolute atomic E-state index is 0.108. The van der Waals surface area contributed by atoms with E-state index in [0.29, 0.717) is 13.1 Å². The highest BCUT2D eigenvalue weighted by Gasteiger charge is 2.18. The fourth-order valence-corrected chi connectivity index (χ4v) is 1.69. The van der Waals surface area contributed by atoms with Gasteiger partial charge < -0.3 is 11.1 Å². The van der Waals surface area contributed by atoms with E-state index in [1.807, 2.05) is 6.92 Å². The van der Waals surface area contributed by atoms with Crippen molar-refractivity contribution in [3.8, 4) is 0 Å². The summed E-state index contributed by atoms with van der Waals surface area (Å²) in [6.45, 7) is 5.00. The van der Waals surface area contributed by atoms with Crippen LogP contribution in [0, 0.1) is 0 Å². The second kappa shape index (κ2) is 5.19. The number of nitrogens with zero attached hydrogens (tertiary/aromatic N) is 1. The average molecular weight is 185 g/mol. The van der Waals surface area contributed by atoms with Crippen molar-refractivity contribution in [3.05, 3.63) is 0 Å². The molecule has 0 aromatic heterocycles. The van der Waals surface area contributed by atoms with Crippen LogP contribution < -0.4 is 11.1 Å². The van der Waals surface area contributed by atoms with Gasteiger partial charge in [0, 0.05) is 19.1 Å². The minimum atomic E-state index is 0.108. The van der Waals surface area contributed by atoms with E-state index < -0.39 is 0 Å². The van der Waals surface area contributed by atoms with Crippen LogP contribution in [0.1, 0.15) is 19.8 Å². The average Bonchev–Trinajstić information content (AvgIpc) is 2.04. The predicted molar refractivity (Wildman–Crippen MR) is 52.3 cm³/mol. The maximum atomic E-state index is 11.2. The molecule has 0 aromatic rings. The van der Waals surface area contributed by atoms with E-state index in [0.717, 1.165) is 25.9 Å². The Morgan fingerprint density at radius 2 is 2.46 bits per heavy atom. The molecule has 0 bridgehead atoms. The van der Waals surface area contributed by atoms with Crippen LogP contribution in [0.15, 0.2) is 0 Å². The Morgan fingerprint density at radius 1 is 1.69 bits per heavy atom. The molecule has 1 fully saturated rings. The van der Waals surface area contributed by atoms with Gasteiger partial charge in [-0.05, 0) is 26.3 Å². The molecule has 0 radical (unpaired) electrons. The molecule has 0 spiro atoms. The lowest BCUT2D eigenvalue weighted by molar-refractivity contribution is -0.122. The lowest BCUT2D eigenvalue weighted by Gasteiger charge is -2.29. The molecule has 4 nitrogen and oxygen atoms in total. The first-order valence-corrected chi connectivity index (χ1v) is 4.97. The summed E-state index contributed by atoms with van der Waals surface area (Å²) in [6.07, 6.45) is 2.20. The van der Waals surface area contributed by atoms with Crippen LogP contribution in [0.25, 0.3) is 0 Å². The Labute approximate surface area is 79.5 Å². The second-order valence-corrected chi connectivity index (χ2v) is 3.59. The topological polar surface area (TPSA) is 58.4 Å². The van der Waals surface area contributed by atoms with Gasteiger partial charge in [0.2, 0.25) is 5.91 Å². The quantitative estimate of drug-likeness (QED) is 0.626. The van der Waals surface area contributed by atoms with Gasteiger partial charge in [-0.25, -0.2) is 0 Å². The highest BCUT2D eigenvalue weighted by atomic mass is 16.2. The molecule has 4 heteroatoms. The van der Waals surface area contributed by atoms with Gasteiger partial charge in [0.1, 0.15) is 0 Å². The molecule has 1 heterocycles. The van der Waals surface area contributed by atoms with Crippen LogP contribution in [0.2, 0.25) is 0 Å². The van der Waals surface area contributed by atoms with E-state index in [1.54, 1.807) is 0 Å². The number of rotatable bonds is 3. The summed E-state index contributed by atoms with van der Waals surface area (Å²) in [5.41, 5.74) is 5.80. The third-order valence-electron chi connectivity index (χ3n) is 2.28. The number of hydrogen-bond donors (Lipinski definition) is 2. The molecular formula is C9H19N3O. The third-order valence-corrected chi connectivity index (χ3v) is 2.28. The molecule has 1 aliphatic heterocycles. The number of carbonyl (C=O) groups is 1. The molecule has 1 unspecified atom stereocenters. The highest BCUT2D eigenvalue weighted by molar-refractivity contribution is 5.77. The first kappa shape index (κ1) is 10.5. The van der Waals surface area contributed by atoms with Crippen LogP contribution >= 0.6 is 0 Å². The Kier molecular flexibility index (Phi) is 4.18. The molecule has 0 aromatic carbocycles. The molecule has 1 saturated heterocycles. The predicted octanol–water partition coefficient (Wildman–Crippen LogP) is -0.454. The van der Waals surface area contributed by atoms with Crippen LogP contribution in [-0.4, -0.2) is 43.0 Å². The first-order chi connectivity index (χ1) is 6.22. The van der Waals surface area contributed by atoms with Gasteiger partial charge in [0.25, 0.3) is 0 Å². The van der Waals surface area contributed by atoms with E-state index in [2.05, 4.69) is 10.2 Å². The summed E-state index contributed by atoms with van der Waals surface area (Å²) in [4.78, 5) is 13.3. The van der Waals surface area contributed by atoms with Crippen LogP contribution in [0.5, 0.6) is 0 Å². The first-order valence-electron chi connectivity index (χ1n) is 4.97. The third kappa shape index (κ3) is 3.74. The Morgan fingerprint density at radius 3 is 3.08 bits per heavy atom. The fourth-order valence-electron chi connectivity index (χ4n) is 1.69. The summed E-state index contributed by atoms with van der Waals surface area (Å²) in [5, 5.41) is 2.79. The number of likely N-dealkylation sites (tertiary alicyclic amines) is 1. The fraction of sp³-hybridized carbons (Fsp3) is 0.889. The zero-order chi connectivity index (χ0) is 9.68. The Bertz CT molecular complexity index is 172. The van der Waals surface area contributed by atoms with Crippen molar-refractivity contribution in [2.24, 2.45) is 5.73 Å². The summed E-state index contributed by atoms with van der Waals surface area (Å²) in [5.74, 6) is 0.108. The number of nitrogens with one attached hydrogen (secondary N) is 1. The van der Waals surface area contributed by atoms with Gasteiger partial charge in [-0.2, -0.15) is 0 Å². The number of piperidine rings is 1. The Hall–Kier alpha value is -0.610. The normalized spacial score (nSPS) is 24.3. The van der Waals surface area contributed by atoms with Gasteiger partial charge in [-0.1, -0.05) is 0 Å². The van der Waals surface area contributed by atoms with Gasteiger partial charge in [0.15, 0.2) is 0 Å². The minimum Gasteiger partial charge on any atom is -0.355 e. The van der Waals surface area contributed by atoms with Gasteiger partial charge in [-0.15, -0.1) is 0 Å². The van der Waals surface area contributed by atoms with E-state index in [1.165, 1.54) is 0 Å². The number of carbonyl (C=O) groups excluding carboxylic acids is 1. The number of nitrogens with two attached hydrogens (primary N) is 1. The van der Waals surface area contributed by atoms with Crippen molar-refractivity contribution >= 4 is 5.91 Å². The Balaban J connectivity index is 2.23. The van der Waals surface area contributed by atoms with Crippen molar-refractivity contribution < 1.29 is 4.79 Å². The molecule has 0 saturated carbocycles.